The molecule has 0 spiro atoms. The molecule has 1 aromatic rings. The Morgan fingerprint density at radius 2 is 2.38 bits per heavy atom. The summed E-state index contributed by atoms with van der Waals surface area (Å²) in [6, 6.07) is 2.87. The Kier molecular flexibility index (Phi) is 5.81. The van der Waals surface area contributed by atoms with E-state index >= 15 is 0 Å². The lowest BCUT2D eigenvalue weighted by Gasteiger charge is -2.22. The van der Waals surface area contributed by atoms with Gasteiger partial charge in [-0.1, -0.05) is 24.6 Å². The molecule has 0 saturated heterocycles. The highest BCUT2D eigenvalue weighted by atomic mass is 35.5. The molecule has 0 saturated carbocycles. The van der Waals surface area contributed by atoms with E-state index in [1.54, 1.807) is 24.0 Å². The summed E-state index contributed by atoms with van der Waals surface area (Å²) >= 11 is 7.33. The van der Waals surface area contributed by atoms with Crippen LogP contribution >= 0.6 is 23.4 Å². The van der Waals surface area contributed by atoms with E-state index in [0.717, 1.165) is 11.3 Å². The van der Waals surface area contributed by atoms with E-state index in [0.29, 0.717) is 36.4 Å². The van der Waals surface area contributed by atoms with Gasteiger partial charge in [0.25, 0.3) is 6.04 Å². The van der Waals surface area contributed by atoms with Crippen LogP contribution in [0.1, 0.15) is 12.5 Å². The van der Waals surface area contributed by atoms with Crippen molar-refractivity contribution in [3.63, 3.8) is 0 Å². The van der Waals surface area contributed by atoms with Crippen LogP contribution in [0.3, 0.4) is 0 Å². The third-order valence-electron chi connectivity index (χ3n) is 3.16. The highest BCUT2D eigenvalue weighted by molar-refractivity contribution is 7.99. The molecule has 0 aliphatic carbocycles. The maximum Gasteiger partial charge on any atom is 0.278 e. The average molecular weight is 329 g/mol. The number of halogens is 1. The van der Waals surface area contributed by atoms with Gasteiger partial charge in [0.15, 0.2) is 5.84 Å². The van der Waals surface area contributed by atoms with Gasteiger partial charge in [-0.3, -0.25) is 15.1 Å². The highest BCUT2D eigenvalue weighted by Gasteiger charge is 2.33. The standard InChI is InChI=1S/C13H17ClN4O2S/c1-2-21-9-11(18(19)20)13-15-5-6-17(13)8-10-3-4-12(14)16-7-10/h3-4,7,11H,2,5-6,8-9H2,1H3. The Balaban J connectivity index is 2.07. The summed E-state index contributed by atoms with van der Waals surface area (Å²) in [6.07, 6.45) is 1.69. The van der Waals surface area contributed by atoms with Gasteiger partial charge in [0.2, 0.25) is 0 Å². The van der Waals surface area contributed by atoms with E-state index in [1.807, 2.05) is 17.9 Å². The molecule has 1 aliphatic rings. The maximum atomic E-state index is 11.3. The topological polar surface area (TPSA) is 71.6 Å². The number of hydrogen-bond acceptors (Lipinski definition) is 6. The summed E-state index contributed by atoms with van der Waals surface area (Å²) in [6.45, 7) is 3.88. The third-order valence-corrected chi connectivity index (χ3v) is 4.35. The first-order valence-electron chi connectivity index (χ1n) is 6.72. The molecule has 1 unspecified atom stereocenters. The molecule has 1 atom stereocenters. The number of rotatable bonds is 7. The minimum Gasteiger partial charge on any atom is -0.348 e. The molecule has 1 aliphatic heterocycles. The van der Waals surface area contributed by atoms with E-state index in [4.69, 9.17) is 11.6 Å². The number of aromatic nitrogens is 1. The fraction of sp³-hybridized carbons (Fsp3) is 0.538. The normalized spacial score (nSPS) is 15.9. The molecule has 0 radical (unpaired) electrons. The number of nitro groups is 1. The zero-order valence-corrected chi connectivity index (χ0v) is 13.3. The zero-order valence-electron chi connectivity index (χ0n) is 11.7. The molecule has 2 rings (SSSR count). The SMILES string of the molecule is CCSCC(C1=NCCN1Cc1ccc(Cl)nc1)[N+](=O)[O-]. The van der Waals surface area contributed by atoms with E-state index in [1.165, 1.54) is 0 Å². The molecule has 1 aromatic heterocycles. The second-order valence-corrected chi connectivity index (χ2v) is 6.32. The van der Waals surface area contributed by atoms with Crippen LogP contribution in [-0.2, 0) is 6.54 Å². The monoisotopic (exact) mass is 328 g/mol. The van der Waals surface area contributed by atoms with E-state index in [-0.39, 0.29) is 4.92 Å². The van der Waals surface area contributed by atoms with Gasteiger partial charge in [-0.15, -0.1) is 0 Å². The molecule has 6 nitrogen and oxygen atoms in total. The summed E-state index contributed by atoms with van der Waals surface area (Å²) in [5, 5.41) is 11.7. The van der Waals surface area contributed by atoms with Crippen molar-refractivity contribution >= 4 is 29.2 Å². The van der Waals surface area contributed by atoms with Gasteiger partial charge in [-0.2, -0.15) is 11.8 Å². The molecule has 0 amide bonds. The predicted octanol–water partition coefficient (Wildman–Crippen LogP) is 2.35. The van der Waals surface area contributed by atoms with Gasteiger partial charge in [-0.25, -0.2) is 4.98 Å². The van der Waals surface area contributed by atoms with Crippen LogP contribution < -0.4 is 0 Å². The van der Waals surface area contributed by atoms with Gasteiger partial charge in [0.1, 0.15) is 5.15 Å². The van der Waals surface area contributed by atoms with Crippen LogP contribution in [0.4, 0.5) is 0 Å². The van der Waals surface area contributed by atoms with Crippen LogP contribution in [0.5, 0.6) is 0 Å². The van der Waals surface area contributed by atoms with Crippen molar-refractivity contribution in [2.75, 3.05) is 24.6 Å². The molecule has 21 heavy (non-hydrogen) atoms. The van der Waals surface area contributed by atoms with Crippen molar-refractivity contribution in [3.05, 3.63) is 39.2 Å². The van der Waals surface area contributed by atoms with Crippen LogP contribution in [0.2, 0.25) is 5.15 Å². The van der Waals surface area contributed by atoms with Gasteiger partial charge < -0.3 is 4.90 Å². The Bertz CT molecular complexity index is 523. The third kappa shape index (κ3) is 4.31. The molecule has 0 bridgehead atoms. The van der Waals surface area contributed by atoms with Gasteiger partial charge in [-0.05, 0) is 17.4 Å². The molecule has 114 valence electrons. The van der Waals surface area contributed by atoms with Gasteiger partial charge in [0, 0.05) is 24.2 Å². The Morgan fingerprint density at radius 3 is 3.00 bits per heavy atom. The first-order valence-corrected chi connectivity index (χ1v) is 8.26. The summed E-state index contributed by atoms with van der Waals surface area (Å²) in [5.41, 5.74) is 0.972. The second-order valence-electron chi connectivity index (χ2n) is 4.61. The molecule has 8 heteroatoms. The number of thioether (sulfide) groups is 1. The van der Waals surface area contributed by atoms with Crippen LogP contribution in [0.15, 0.2) is 23.3 Å². The van der Waals surface area contributed by atoms with Crippen molar-refractivity contribution in [2.24, 2.45) is 4.99 Å². The molecule has 0 N–H and O–H groups in total. The average Bonchev–Trinajstić information content (AvgIpc) is 2.90. The quantitative estimate of drug-likeness (QED) is 0.436. The first kappa shape index (κ1) is 16.0. The Hall–Kier alpha value is -1.34. The predicted molar refractivity (Wildman–Crippen MR) is 85.7 cm³/mol. The minimum absolute atomic E-state index is 0.236. The Morgan fingerprint density at radius 1 is 1.57 bits per heavy atom. The van der Waals surface area contributed by atoms with Gasteiger partial charge in [0.05, 0.1) is 12.3 Å². The number of hydrogen-bond donors (Lipinski definition) is 0. The summed E-state index contributed by atoms with van der Waals surface area (Å²) in [4.78, 5) is 21.4. The first-order chi connectivity index (χ1) is 10.1. The van der Waals surface area contributed by atoms with E-state index in [2.05, 4.69) is 9.98 Å². The van der Waals surface area contributed by atoms with Crippen LogP contribution in [-0.4, -0.2) is 51.3 Å². The zero-order chi connectivity index (χ0) is 15.2. The summed E-state index contributed by atoms with van der Waals surface area (Å²) < 4.78 is 0. The minimum atomic E-state index is -0.738. The fourth-order valence-electron chi connectivity index (χ4n) is 2.16. The van der Waals surface area contributed by atoms with Crippen molar-refractivity contribution in [2.45, 2.75) is 19.5 Å². The van der Waals surface area contributed by atoms with Crippen molar-refractivity contribution < 1.29 is 4.92 Å². The maximum absolute atomic E-state index is 11.3. The summed E-state index contributed by atoms with van der Waals surface area (Å²) in [7, 11) is 0. The lowest BCUT2D eigenvalue weighted by molar-refractivity contribution is -0.498. The van der Waals surface area contributed by atoms with Crippen molar-refractivity contribution in [1.29, 1.82) is 0 Å². The molecule has 0 aromatic carbocycles. The largest absolute Gasteiger partial charge is 0.348 e. The smallest absolute Gasteiger partial charge is 0.278 e. The lowest BCUT2D eigenvalue weighted by Crippen LogP contribution is -2.41. The fourth-order valence-corrected chi connectivity index (χ4v) is 3.00. The number of amidine groups is 1. The number of nitrogens with zero attached hydrogens (tertiary/aromatic N) is 4. The highest BCUT2D eigenvalue weighted by Crippen LogP contribution is 2.16. The summed E-state index contributed by atoms with van der Waals surface area (Å²) in [5.74, 6) is 1.90. The Labute approximate surface area is 132 Å². The molecule has 2 heterocycles. The van der Waals surface area contributed by atoms with Crippen molar-refractivity contribution in [3.8, 4) is 0 Å². The van der Waals surface area contributed by atoms with Crippen molar-refractivity contribution in [1.82, 2.24) is 9.88 Å². The van der Waals surface area contributed by atoms with Gasteiger partial charge >= 0.3 is 0 Å². The van der Waals surface area contributed by atoms with Crippen LogP contribution in [0.25, 0.3) is 0 Å². The van der Waals surface area contributed by atoms with E-state index in [9.17, 15) is 10.1 Å². The molecular weight excluding hydrogens is 312 g/mol. The molecular formula is C13H17ClN4O2S. The number of aliphatic imine (C=N–C) groups is 1. The van der Waals surface area contributed by atoms with Crippen LogP contribution in [0, 0.1) is 10.1 Å². The number of pyridine rings is 1. The van der Waals surface area contributed by atoms with E-state index < -0.39 is 6.04 Å². The lowest BCUT2D eigenvalue weighted by atomic mass is 10.2. The second kappa shape index (κ2) is 7.61. The molecule has 0 fully saturated rings.